The Morgan fingerprint density at radius 3 is 2.48 bits per heavy atom. The molecule has 0 spiro atoms. The zero-order valence-corrected chi connectivity index (χ0v) is 14.3. The van der Waals surface area contributed by atoms with Crippen LogP contribution in [-0.2, 0) is 0 Å². The minimum absolute atomic E-state index is 0.431. The van der Waals surface area contributed by atoms with Crippen molar-refractivity contribution in [2.24, 2.45) is 5.10 Å². The fraction of sp³-hybridized carbons (Fsp3) is 0.125. The molecular formula is C16H16BrN3O3. The quantitative estimate of drug-likeness (QED) is 0.617. The van der Waals surface area contributed by atoms with Gasteiger partial charge in [0, 0.05) is 17.3 Å². The molecule has 0 saturated carbocycles. The number of nitrogens with zero attached hydrogens (tertiary/aromatic N) is 1. The van der Waals surface area contributed by atoms with Gasteiger partial charge in [-0.3, -0.25) is 0 Å². The molecule has 0 aliphatic heterocycles. The van der Waals surface area contributed by atoms with Gasteiger partial charge in [0.15, 0.2) is 0 Å². The maximum atomic E-state index is 11.7. The van der Waals surface area contributed by atoms with E-state index >= 15 is 0 Å². The van der Waals surface area contributed by atoms with Gasteiger partial charge in [-0.25, -0.2) is 10.2 Å². The summed E-state index contributed by atoms with van der Waals surface area (Å²) in [4.78, 5) is 11.7. The number of halogens is 1. The van der Waals surface area contributed by atoms with E-state index in [-0.39, 0.29) is 0 Å². The number of hydrogen-bond donors (Lipinski definition) is 2. The topological polar surface area (TPSA) is 72.0 Å². The second-order valence-corrected chi connectivity index (χ2v) is 5.27. The third-order valence-electron chi connectivity index (χ3n) is 2.91. The first-order valence-electron chi connectivity index (χ1n) is 6.70. The Hall–Kier alpha value is -2.54. The van der Waals surface area contributed by atoms with Crippen molar-refractivity contribution in [3.63, 3.8) is 0 Å². The Bertz CT molecular complexity index is 705. The van der Waals surface area contributed by atoms with Crippen molar-refractivity contribution >= 4 is 33.9 Å². The van der Waals surface area contributed by atoms with E-state index in [1.807, 2.05) is 18.2 Å². The van der Waals surface area contributed by atoms with Gasteiger partial charge >= 0.3 is 6.03 Å². The first-order chi connectivity index (χ1) is 11.1. The summed E-state index contributed by atoms with van der Waals surface area (Å²) in [6.45, 7) is 0. The molecule has 0 bridgehead atoms. The third kappa shape index (κ3) is 4.72. The molecule has 2 amide bonds. The number of nitrogens with one attached hydrogen (secondary N) is 2. The minimum Gasteiger partial charge on any atom is -0.496 e. The Balaban J connectivity index is 2.02. The number of para-hydroxylation sites is 1. The van der Waals surface area contributed by atoms with Crippen LogP contribution in [0.1, 0.15) is 5.56 Å². The van der Waals surface area contributed by atoms with Crippen LogP contribution in [-0.4, -0.2) is 26.5 Å². The summed E-state index contributed by atoms with van der Waals surface area (Å²) in [5.74, 6) is 1.23. The first-order valence-corrected chi connectivity index (χ1v) is 7.50. The van der Waals surface area contributed by atoms with Crippen molar-refractivity contribution in [3.8, 4) is 11.5 Å². The molecule has 0 aliphatic rings. The molecule has 0 aliphatic carbocycles. The van der Waals surface area contributed by atoms with Gasteiger partial charge in [0.05, 0.1) is 24.9 Å². The van der Waals surface area contributed by atoms with Crippen molar-refractivity contribution in [2.75, 3.05) is 19.5 Å². The summed E-state index contributed by atoms with van der Waals surface area (Å²) in [7, 11) is 3.12. The first kappa shape index (κ1) is 16.8. The van der Waals surface area contributed by atoms with Crippen molar-refractivity contribution in [2.45, 2.75) is 0 Å². The summed E-state index contributed by atoms with van der Waals surface area (Å²) in [6.07, 6.45) is 1.49. The number of carbonyl (C=O) groups is 1. The zero-order valence-electron chi connectivity index (χ0n) is 12.7. The highest BCUT2D eigenvalue weighted by Crippen LogP contribution is 2.31. The average Bonchev–Trinajstić information content (AvgIpc) is 2.56. The van der Waals surface area contributed by atoms with Crippen LogP contribution in [0.25, 0.3) is 0 Å². The van der Waals surface area contributed by atoms with Crippen LogP contribution >= 0.6 is 15.9 Å². The lowest BCUT2D eigenvalue weighted by molar-refractivity contribution is 0.252. The maximum Gasteiger partial charge on any atom is 0.339 e. The number of hydrogen-bond acceptors (Lipinski definition) is 4. The normalized spacial score (nSPS) is 10.4. The van der Waals surface area contributed by atoms with Gasteiger partial charge in [0.25, 0.3) is 0 Å². The van der Waals surface area contributed by atoms with Crippen LogP contribution in [0.15, 0.2) is 52.0 Å². The van der Waals surface area contributed by atoms with Gasteiger partial charge < -0.3 is 14.8 Å². The Labute approximate surface area is 142 Å². The predicted octanol–water partition coefficient (Wildman–Crippen LogP) is 3.62. The number of rotatable bonds is 5. The number of hydrazone groups is 1. The van der Waals surface area contributed by atoms with Gasteiger partial charge in [0.1, 0.15) is 11.5 Å². The highest BCUT2D eigenvalue weighted by molar-refractivity contribution is 9.10. The molecule has 0 heterocycles. The number of methoxy groups -OCH3 is 2. The molecule has 0 aromatic heterocycles. The summed E-state index contributed by atoms with van der Waals surface area (Å²) in [5, 5.41) is 6.58. The van der Waals surface area contributed by atoms with Crippen LogP contribution in [0.5, 0.6) is 11.5 Å². The molecule has 2 aromatic rings. The van der Waals surface area contributed by atoms with Crippen LogP contribution in [0, 0.1) is 0 Å². The molecule has 2 N–H and O–H groups in total. The second-order valence-electron chi connectivity index (χ2n) is 4.42. The number of benzene rings is 2. The molecule has 0 radical (unpaired) electrons. The van der Waals surface area contributed by atoms with Crippen molar-refractivity contribution in [3.05, 3.63) is 52.5 Å². The van der Waals surface area contributed by atoms with Gasteiger partial charge in [-0.05, 0) is 34.1 Å². The number of amides is 2. The largest absolute Gasteiger partial charge is 0.496 e. The molecule has 120 valence electrons. The molecule has 7 heteroatoms. The lowest BCUT2D eigenvalue weighted by Crippen LogP contribution is -2.24. The van der Waals surface area contributed by atoms with E-state index in [2.05, 4.69) is 31.8 Å². The molecular weight excluding hydrogens is 362 g/mol. The van der Waals surface area contributed by atoms with Gasteiger partial charge in [-0.15, -0.1) is 0 Å². The smallest absolute Gasteiger partial charge is 0.339 e. The number of carbonyl (C=O) groups excluding carboxylic acids is 1. The lowest BCUT2D eigenvalue weighted by Gasteiger charge is -2.09. The van der Waals surface area contributed by atoms with Crippen molar-refractivity contribution < 1.29 is 14.3 Å². The van der Waals surface area contributed by atoms with E-state index in [4.69, 9.17) is 9.47 Å². The number of ether oxygens (including phenoxy) is 2. The lowest BCUT2D eigenvalue weighted by atomic mass is 10.2. The van der Waals surface area contributed by atoms with Crippen LogP contribution in [0.3, 0.4) is 0 Å². The Morgan fingerprint density at radius 2 is 1.83 bits per heavy atom. The second kappa shape index (κ2) is 8.19. The van der Waals surface area contributed by atoms with Crippen molar-refractivity contribution in [1.82, 2.24) is 5.43 Å². The molecule has 23 heavy (non-hydrogen) atoms. The van der Waals surface area contributed by atoms with E-state index in [1.54, 1.807) is 38.5 Å². The molecule has 0 saturated heterocycles. The zero-order chi connectivity index (χ0) is 16.7. The maximum absolute atomic E-state index is 11.7. The molecule has 0 fully saturated rings. The summed E-state index contributed by atoms with van der Waals surface area (Å²) >= 11 is 3.39. The standard InChI is InChI=1S/C16H16BrN3O3/c1-22-14-9-15(23-2)13(17)8-11(14)10-18-20-16(21)19-12-6-4-3-5-7-12/h3-10H,1-2H3,(H2,19,20,21). The van der Waals surface area contributed by atoms with Gasteiger partial charge in [0.2, 0.25) is 0 Å². The van der Waals surface area contributed by atoms with Crippen molar-refractivity contribution in [1.29, 1.82) is 0 Å². The number of urea groups is 1. The van der Waals surface area contributed by atoms with Crippen LogP contribution in [0.2, 0.25) is 0 Å². The average molecular weight is 378 g/mol. The van der Waals surface area contributed by atoms with E-state index in [0.29, 0.717) is 22.7 Å². The predicted molar refractivity (Wildman–Crippen MR) is 93.4 cm³/mol. The fourth-order valence-corrected chi connectivity index (χ4v) is 2.35. The van der Waals surface area contributed by atoms with E-state index in [0.717, 1.165) is 4.47 Å². The van der Waals surface area contributed by atoms with Crippen LogP contribution in [0.4, 0.5) is 10.5 Å². The highest BCUT2D eigenvalue weighted by Gasteiger charge is 2.08. The van der Waals surface area contributed by atoms with E-state index < -0.39 is 6.03 Å². The molecule has 2 aromatic carbocycles. The Morgan fingerprint density at radius 1 is 1.13 bits per heavy atom. The summed E-state index contributed by atoms with van der Waals surface area (Å²) in [5.41, 5.74) is 3.78. The molecule has 0 atom stereocenters. The molecule has 0 unspecified atom stereocenters. The van der Waals surface area contributed by atoms with E-state index in [1.165, 1.54) is 6.21 Å². The Kier molecular flexibility index (Phi) is 5.99. The van der Waals surface area contributed by atoms with Crippen LogP contribution < -0.4 is 20.2 Å². The molecule has 6 nitrogen and oxygen atoms in total. The highest BCUT2D eigenvalue weighted by atomic mass is 79.9. The monoisotopic (exact) mass is 377 g/mol. The molecule has 2 rings (SSSR count). The SMILES string of the molecule is COc1cc(OC)c(C=NNC(=O)Nc2ccccc2)cc1Br. The number of anilines is 1. The summed E-state index contributed by atoms with van der Waals surface area (Å²) in [6, 6.07) is 12.2. The summed E-state index contributed by atoms with van der Waals surface area (Å²) < 4.78 is 11.2. The van der Waals surface area contributed by atoms with Gasteiger partial charge in [-0.2, -0.15) is 5.10 Å². The van der Waals surface area contributed by atoms with E-state index in [9.17, 15) is 4.79 Å². The minimum atomic E-state index is -0.431. The fourth-order valence-electron chi connectivity index (χ4n) is 1.83. The van der Waals surface area contributed by atoms with Gasteiger partial charge in [-0.1, -0.05) is 18.2 Å². The third-order valence-corrected chi connectivity index (χ3v) is 3.53.